The summed E-state index contributed by atoms with van der Waals surface area (Å²) in [6.45, 7) is 3.84. The zero-order chi connectivity index (χ0) is 14.4. The minimum atomic E-state index is -0.454. The molecular formula is C14H19N3O3. The van der Waals surface area contributed by atoms with E-state index < -0.39 is 12.1 Å². The van der Waals surface area contributed by atoms with E-state index >= 15 is 0 Å². The second-order valence-electron chi connectivity index (χ2n) is 5.76. The van der Waals surface area contributed by atoms with Gasteiger partial charge in [-0.05, 0) is 26.7 Å². The average molecular weight is 277 g/mol. The number of hydrogen-bond acceptors (Lipinski definition) is 4. The minimum Gasteiger partial charge on any atom is -0.361 e. The lowest BCUT2D eigenvalue weighted by atomic mass is 10.1. The van der Waals surface area contributed by atoms with Crippen molar-refractivity contribution in [2.45, 2.75) is 51.2 Å². The molecule has 1 aromatic rings. The van der Waals surface area contributed by atoms with E-state index in [4.69, 9.17) is 4.52 Å². The third-order valence-electron chi connectivity index (χ3n) is 4.28. The van der Waals surface area contributed by atoms with Gasteiger partial charge >= 0.3 is 0 Å². The molecule has 2 aliphatic rings. The number of likely N-dealkylation sites (N-methyl/N-ethyl adjacent to an activating group) is 1. The summed E-state index contributed by atoms with van der Waals surface area (Å²) >= 11 is 0. The molecule has 108 valence electrons. The van der Waals surface area contributed by atoms with E-state index in [0.717, 1.165) is 24.3 Å². The lowest BCUT2D eigenvalue weighted by Gasteiger charge is -2.40. The fourth-order valence-corrected chi connectivity index (χ4v) is 2.57. The van der Waals surface area contributed by atoms with Gasteiger partial charge in [0.25, 0.3) is 0 Å². The Morgan fingerprint density at radius 3 is 2.60 bits per heavy atom. The first-order valence-electron chi connectivity index (χ1n) is 7.01. The molecule has 0 N–H and O–H groups in total. The highest BCUT2D eigenvalue weighted by Gasteiger charge is 2.40. The van der Waals surface area contributed by atoms with Crippen LogP contribution >= 0.6 is 0 Å². The molecular weight excluding hydrogens is 258 g/mol. The topological polar surface area (TPSA) is 66.7 Å². The first kappa shape index (κ1) is 13.1. The fraction of sp³-hybridized carbons (Fsp3) is 0.643. The molecule has 1 saturated carbocycles. The van der Waals surface area contributed by atoms with E-state index in [2.05, 4.69) is 5.16 Å². The molecule has 3 rings (SSSR count). The van der Waals surface area contributed by atoms with E-state index in [9.17, 15) is 9.59 Å². The first-order valence-corrected chi connectivity index (χ1v) is 7.01. The third-order valence-corrected chi connectivity index (χ3v) is 4.28. The molecule has 6 nitrogen and oxygen atoms in total. The highest BCUT2D eigenvalue weighted by molar-refractivity contribution is 5.96. The summed E-state index contributed by atoms with van der Waals surface area (Å²) in [6, 6.07) is 1.03. The van der Waals surface area contributed by atoms with Crippen LogP contribution in [0.4, 0.5) is 0 Å². The van der Waals surface area contributed by atoms with Crippen LogP contribution in [0.25, 0.3) is 0 Å². The molecule has 1 aromatic heterocycles. The van der Waals surface area contributed by atoms with Gasteiger partial charge in [0, 0.05) is 19.0 Å². The predicted molar refractivity (Wildman–Crippen MR) is 70.7 cm³/mol. The van der Waals surface area contributed by atoms with Crippen molar-refractivity contribution in [3.8, 4) is 0 Å². The molecule has 1 saturated heterocycles. The Bertz CT molecular complexity index is 550. The molecule has 20 heavy (non-hydrogen) atoms. The molecule has 2 heterocycles. The van der Waals surface area contributed by atoms with E-state index in [1.807, 2.05) is 6.07 Å². The lowest BCUT2D eigenvalue weighted by Crippen LogP contribution is -2.61. The minimum absolute atomic E-state index is 0.0389. The molecule has 2 fully saturated rings. The second-order valence-corrected chi connectivity index (χ2v) is 5.76. The number of aromatic nitrogens is 1. The first-order chi connectivity index (χ1) is 9.49. The van der Waals surface area contributed by atoms with Gasteiger partial charge in [0.2, 0.25) is 11.8 Å². The standard InChI is InChI=1S/C14H19N3O3/c1-8-14(19)17(9(2)13(18)16(8)3)7-11-6-12(20-15-11)10-4-5-10/h6,8-10H,4-5,7H2,1-3H3/t8-,9-/m0/s1. The van der Waals surface area contributed by atoms with Crippen LogP contribution in [0, 0.1) is 0 Å². The lowest BCUT2D eigenvalue weighted by molar-refractivity contribution is -0.159. The van der Waals surface area contributed by atoms with Crippen molar-refractivity contribution in [1.82, 2.24) is 15.0 Å². The van der Waals surface area contributed by atoms with Crippen molar-refractivity contribution in [3.63, 3.8) is 0 Å². The van der Waals surface area contributed by atoms with Crippen molar-refractivity contribution >= 4 is 11.8 Å². The van der Waals surface area contributed by atoms with Crippen LogP contribution in [-0.2, 0) is 16.1 Å². The summed E-state index contributed by atoms with van der Waals surface area (Å²) in [5.74, 6) is 1.31. The maximum atomic E-state index is 12.3. The summed E-state index contributed by atoms with van der Waals surface area (Å²) < 4.78 is 5.29. The molecule has 0 radical (unpaired) electrons. The Morgan fingerprint density at radius 1 is 1.25 bits per heavy atom. The second kappa shape index (κ2) is 4.61. The van der Waals surface area contributed by atoms with Gasteiger partial charge in [0.1, 0.15) is 23.5 Å². The largest absolute Gasteiger partial charge is 0.361 e. The number of amides is 2. The predicted octanol–water partition coefficient (Wildman–Crippen LogP) is 1.13. The Kier molecular flexibility index (Phi) is 3.03. The van der Waals surface area contributed by atoms with Crippen LogP contribution in [0.3, 0.4) is 0 Å². The van der Waals surface area contributed by atoms with Crippen LogP contribution in [0.2, 0.25) is 0 Å². The van der Waals surface area contributed by atoms with E-state index in [0.29, 0.717) is 12.5 Å². The van der Waals surface area contributed by atoms with Crippen molar-refractivity contribution in [1.29, 1.82) is 0 Å². The van der Waals surface area contributed by atoms with Crippen molar-refractivity contribution in [2.24, 2.45) is 0 Å². The highest BCUT2D eigenvalue weighted by atomic mass is 16.5. The molecule has 0 unspecified atom stereocenters. The summed E-state index contributed by atoms with van der Waals surface area (Å²) in [5, 5.41) is 4.02. The fourth-order valence-electron chi connectivity index (χ4n) is 2.57. The van der Waals surface area contributed by atoms with Crippen LogP contribution in [0.15, 0.2) is 10.6 Å². The average Bonchev–Trinajstić information content (AvgIpc) is 3.19. The number of carbonyl (C=O) groups is 2. The van der Waals surface area contributed by atoms with Crippen LogP contribution in [0.1, 0.15) is 44.1 Å². The highest BCUT2D eigenvalue weighted by Crippen LogP contribution is 2.40. The molecule has 0 aromatic carbocycles. The SMILES string of the molecule is C[C@H]1C(=O)N(Cc2cc(C3CC3)on2)[C@@H](C)C(=O)N1C. The summed E-state index contributed by atoms with van der Waals surface area (Å²) in [7, 11) is 1.67. The van der Waals surface area contributed by atoms with Gasteiger partial charge in [0.05, 0.1) is 6.54 Å². The van der Waals surface area contributed by atoms with Crippen LogP contribution in [0.5, 0.6) is 0 Å². The molecule has 0 bridgehead atoms. The number of nitrogens with zero attached hydrogens (tertiary/aromatic N) is 3. The Labute approximate surface area is 117 Å². The van der Waals surface area contributed by atoms with Gasteiger partial charge in [-0.1, -0.05) is 5.16 Å². The number of piperazine rings is 1. The van der Waals surface area contributed by atoms with Gasteiger partial charge in [-0.2, -0.15) is 0 Å². The van der Waals surface area contributed by atoms with Crippen molar-refractivity contribution in [3.05, 3.63) is 17.5 Å². The smallest absolute Gasteiger partial charge is 0.246 e. The molecule has 2 atom stereocenters. The molecule has 1 aliphatic carbocycles. The monoisotopic (exact) mass is 277 g/mol. The van der Waals surface area contributed by atoms with Gasteiger partial charge in [0.15, 0.2) is 0 Å². The quantitative estimate of drug-likeness (QED) is 0.830. The van der Waals surface area contributed by atoms with Crippen LogP contribution < -0.4 is 0 Å². The Morgan fingerprint density at radius 2 is 1.95 bits per heavy atom. The Hall–Kier alpha value is -1.85. The van der Waals surface area contributed by atoms with Crippen molar-refractivity contribution < 1.29 is 14.1 Å². The van der Waals surface area contributed by atoms with Crippen molar-refractivity contribution in [2.75, 3.05) is 7.05 Å². The normalized spacial score (nSPS) is 27.4. The maximum absolute atomic E-state index is 12.3. The summed E-state index contributed by atoms with van der Waals surface area (Å²) in [6.07, 6.45) is 2.29. The molecule has 6 heteroatoms. The molecule has 2 amide bonds. The number of hydrogen-bond donors (Lipinski definition) is 0. The Balaban J connectivity index is 1.77. The van der Waals surface area contributed by atoms with E-state index in [1.54, 1.807) is 25.8 Å². The zero-order valence-corrected chi connectivity index (χ0v) is 12.0. The number of rotatable bonds is 3. The number of carbonyl (C=O) groups excluding carboxylic acids is 2. The zero-order valence-electron chi connectivity index (χ0n) is 12.0. The van der Waals surface area contributed by atoms with E-state index in [-0.39, 0.29) is 11.8 Å². The summed E-state index contributed by atoms with van der Waals surface area (Å²) in [4.78, 5) is 27.5. The van der Waals surface area contributed by atoms with E-state index in [1.165, 1.54) is 4.90 Å². The van der Waals surface area contributed by atoms with Gasteiger partial charge in [-0.3, -0.25) is 9.59 Å². The van der Waals surface area contributed by atoms with Gasteiger partial charge in [-0.25, -0.2) is 0 Å². The summed E-state index contributed by atoms with van der Waals surface area (Å²) in [5.41, 5.74) is 0.719. The molecule has 1 aliphatic heterocycles. The molecule has 0 spiro atoms. The third kappa shape index (κ3) is 2.09. The van der Waals surface area contributed by atoms with Crippen LogP contribution in [-0.4, -0.2) is 45.9 Å². The van der Waals surface area contributed by atoms with Gasteiger partial charge < -0.3 is 14.3 Å². The maximum Gasteiger partial charge on any atom is 0.246 e. The van der Waals surface area contributed by atoms with Gasteiger partial charge in [-0.15, -0.1) is 0 Å².